The number of carboxylic acids is 1. The predicted octanol–water partition coefficient (Wildman–Crippen LogP) is 3.60. The highest BCUT2D eigenvalue weighted by Crippen LogP contribution is 2.57. The molecule has 1 aromatic rings. The second kappa shape index (κ2) is 7.27. The molecule has 5 atom stereocenters. The van der Waals surface area contributed by atoms with Gasteiger partial charge in [0, 0.05) is 4.88 Å². The lowest BCUT2D eigenvalue weighted by Crippen LogP contribution is -2.38. The molecule has 3 aliphatic carbocycles. The van der Waals surface area contributed by atoms with Crippen LogP contribution in [0.1, 0.15) is 60.8 Å². The first-order chi connectivity index (χ1) is 13.7. The number of hydrogen-bond acceptors (Lipinski definition) is 4. The Morgan fingerprint density at radius 1 is 1.10 bits per heavy atom. The van der Waals surface area contributed by atoms with Crippen molar-refractivity contribution in [3.05, 3.63) is 27.2 Å². The average Bonchev–Trinajstić information content (AvgIpc) is 3.29. The highest BCUT2D eigenvalue weighted by Gasteiger charge is 2.57. The van der Waals surface area contributed by atoms with Crippen LogP contribution in [-0.4, -0.2) is 22.9 Å². The molecule has 0 aromatic carbocycles. The third kappa shape index (κ3) is 3.19. The van der Waals surface area contributed by atoms with Gasteiger partial charge in [-0.1, -0.05) is 18.1 Å². The van der Waals surface area contributed by atoms with Crippen LogP contribution in [0.5, 0.6) is 0 Å². The Kier molecular flexibility index (Phi) is 5.05. The second-order valence-corrected chi connectivity index (χ2v) is 10.2. The van der Waals surface area contributed by atoms with E-state index in [2.05, 4.69) is 12.2 Å². The van der Waals surface area contributed by atoms with Crippen molar-refractivity contribution in [1.82, 2.24) is 0 Å². The van der Waals surface area contributed by atoms with Crippen LogP contribution in [0.25, 0.3) is 0 Å². The van der Waals surface area contributed by atoms with Gasteiger partial charge in [0.15, 0.2) is 0 Å². The van der Waals surface area contributed by atoms with Crippen molar-refractivity contribution < 1.29 is 19.5 Å². The number of amides is 2. The molecule has 0 spiro atoms. The van der Waals surface area contributed by atoms with Crippen molar-refractivity contribution in [3.63, 3.8) is 0 Å². The lowest BCUT2D eigenvalue weighted by molar-refractivity contribution is -0.148. The van der Waals surface area contributed by atoms with E-state index in [4.69, 9.17) is 5.73 Å². The topological polar surface area (TPSA) is 109 Å². The molecule has 3 aliphatic rings. The fraction of sp³-hybridized carbons (Fsp3) is 0.591. The van der Waals surface area contributed by atoms with Gasteiger partial charge < -0.3 is 16.2 Å². The van der Waals surface area contributed by atoms with Gasteiger partial charge in [-0.25, -0.2) is 0 Å². The lowest BCUT2D eigenvalue weighted by atomic mass is 9.78. The van der Waals surface area contributed by atoms with E-state index in [0.29, 0.717) is 16.5 Å². The Balaban J connectivity index is 1.67. The SMILES string of the molecule is CC(C)=C1[C@H]2CC[C@H]1[C@@H](C(=O)Nc1sc3c(c1C(N)=O)CC[C@@H](C)C3)[C@H]2C(=O)O. The molecule has 6 nitrogen and oxygen atoms in total. The summed E-state index contributed by atoms with van der Waals surface area (Å²) in [5, 5.41) is 13.3. The number of thiophene rings is 1. The summed E-state index contributed by atoms with van der Waals surface area (Å²) in [7, 11) is 0. The summed E-state index contributed by atoms with van der Waals surface area (Å²) in [6, 6.07) is 0. The molecule has 4 rings (SSSR count). The molecule has 156 valence electrons. The van der Waals surface area contributed by atoms with Crippen molar-refractivity contribution >= 4 is 34.1 Å². The third-order valence-corrected chi connectivity index (χ3v) is 8.17. The smallest absolute Gasteiger partial charge is 0.307 e. The standard InChI is InChI=1S/C22H28N2O4S/c1-9(2)15-12-6-7-13(15)17(22(27)28)16(12)20(26)24-21-18(19(23)25)11-5-4-10(3)8-14(11)29-21/h10,12-13,16-17H,4-8H2,1-3H3,(H2,23,25)(H,24,26)(H,27,28)/t10-,12-,13-,16-,17+/m1/s1. The van der Waals surface area contributed by atoms with E-state index in [1.165, 1.54) is 11.3 Å². The van der Waals surface area contributed by atoms with E-state index in [9.17, 15) is 19.5 Å². The van der Waals surface area contributed by atoms with E-state index in [0.717, 1.165) is 53.7 Å². The first-order valence-electron chi connectivity index (χ1n) is 10.4. The van der Waals surface area contributed by atoms with Crippen LogP contribution in [0.2, 0.25) is 0 Å². The monoisotopic (exact) mass is 416 g/mol. The first-order valence-corrected chi connectivity index (χ1v) is 11.2. The molecule has 0 saturated heterocycles. The number of carbonyl (C=O) groups is 3. The van der Waals surface area contributed by atoms with Gasteiger partial charge in [0.05, 0.1) is 17.4 Å². The maximum atomic E-state index is 13.3. The minimum Gasteiger partial charge on any atom is -0.481 e. The summed E-state index contributed by atoms with van der Waals surface area (Å²) < 4.78 is 0. The molecular formula is C22H28N2O4S. The molecule has 0 aliphatic heterocycles. The number of nitrogens with one attached hydrogen (secondary N) is 1. The van der Waals surface area contributed by atoms with Crippen molar-refractivity contribution in [2.75, 3.05) is 5.32 Å². The number of carbonyl (C=O) groups excluding carboxylic acids is 2. The molecule has 2 amide bonds. The van der Waals surface area contributed by atoms with Crippen molar-refractivity contribution in [2.24, 2.45) is 35.3 Å². The molecular weight excluding hydrogens is 388 g/mol. The number of fused-ring (bicyclic) bond motifs is 3. The highest BCUT2D eigenvalue weighted by atomic mass is 32.1. The van der Waals surface area contributed by atoms with E-state index in [1.807, 2.05) is 13.8 Å². The molecule has 1 aromatic heterocycles. The number of allylic oxidation sites excluding steroid dienone is 2. The maximum absolute atomic E-state index is 13.3. The van der Waals surface area contributed by atoms with Gasteiger partial charge in [-0.2, -0.15) is 0 Å². The molecule has 7 heteroatoms. The van der Waals surface area contributed by atoms with Crippen LogP contribution in [0, 0.1) is 29.6 Å². The van der Waals surface area contributed by atoms with Gasteiger partial charge in [-0.15, -0.1) is 11.3 Å². The molecule has 2 saturated carbocycles. The average molecular weight is 417 g/mol. The largest absolute Gasteiger partial charge is 0.481 e. The van der Waals surface area contributed by atoms with Gasteiger partial charge in [-0.05, 0) is 69.3 Å². The van der Waals surface area contributed by atoms with Gasteiger partial charge in [-0.3, -0.25) is 14.4 Å². The fourth-order valence-electron chi connectivity index (χ4n) is 5.90. The Bertz CT molecular complexity index is 927. The zero-order valence-electron chi connectivity index (χ0n) is 17.1. The number of carboxylic acid groups (broad SMARTS) is 1. The van der Waals surface area contributed by atoms with Crippen molar-refractivity contribution in [1.29, 1.82) is 0 Å². The third-order valence-electron chi connectivity index (χ3n) is 7.00. The Hall–Kier alpha value is -2.15. The maximum Gasteiger partial charge on any atom is 0.307 e. The molecule has 0 radical (unpaired) electrons. The molecule has 2 fully saturated rings. The minimum absolute atomic E-state index is 0.0299. The van der Waals surface area contributed by atoms with Gasteiger partial charge in [0.1, 0.15) is 5.00 Å². The van der Waals surface area contributed by atoms with Crippen LogP contribution in [-0.2, 0) is 22.4 Å². The van der Waals surface area contributed by atoms with Gasteiger partial charge >= 0.3 is 5.97 Å². The van der Waals surface area contributed by atoms with E-state index in [1.54, 1.807) is 0 Å². The number of primary amides is 1. The van der Waals surface area contributed by atoms with Crippen molar-refractivity contribution in [2.45, 2.75) is 52.9 Å². The van der Waals surface area contributed by atoms with Gasteiger partial charge in [0.2, 0.25) is 5.91 Å². The molecule has 2 bridgehead atoms. The quantitative estimate of drug-likeness (QED) is 0.651. The lowest BCUT2D eigenvalue weighted by Gasteiger charge is -2.26. The van der Waals surface area contributed by atoms with Crippen LogP contribution >= 0.6 is 11.3 Å². The number of nitrogens with two attached hydrogens (primary N) is 1. The van der Waals surface area contributed by atoms with E-state index in [-0.39, 0.29) is 17.7 Å². The number of hydrogen-bond donors (Lipinski definition) is 3. The molecule has 29 heavy (non-hydrogen) atoms. The predicted molar refractivity (Wildman–Crippen MR) is 112 cm³/mol. The number of anilines is 1. The summed E-state index contributed by atoms with van der Waals surface area (Å²) in [5.74, 6) is -2.60. The van der Waals surface area contributed by atoms with Gasteiger partial charge in [0.25, 0.3) is 5.91 Å². The minimum atomic E-state index is -0.912. The van der Waals surface area contributed by atoms with Crippen LogP contribution < -0.4 is 11.1 Å². The number of aliphatic carboxylic acids is 1. The first kappa shape index (κ1) is 20.1. The van der Waals surface area contributed by atoms with Crippen molar-refractivity contribution in [3.8, 4) is 0 Å². The summed E-state index contributed by atoms with van der Waals surface area (Å²) in [5.41, 5.74) is 9.31. The normalized spacial score (nSPS) is 30.2. The van der Waals surface area contributed by atoms with Crippen LogP contribution in [0.4, 0.5) is 5.00 Å². The molecule has 1 heterocycles. The summed E-state index contributed by atoms with van der Waals surface area (Å²) in [6.45, 7) is 6.18. The highest BCUT2D eigenvalue weighted by molar-refractivity contribution is 7.17. The summed E-state index contributed by atoms with van der Waals surface area (Å²) >= 11 is 1.43. The molecule has 4 N–H and O–H groups in total. The summed E-state index contributed by atoms with van der Waals surface area (Å²) in [6.07, 6.45) is 4.32. The van der Waals surface area contributed by atoms with Crippen LogP contribution in [0.15, 0.2) is 11.1 Å². The van der Waals surface area contributed by atoms with E-state index < -0.39 is 23.7 Å². The fourth-order valence-corrected chi connectivity index (χ4v) is 7.32. The number of rotatable bonds is 4. The zero-order chi connectivity index (χ0) is 21.0. The Morgan fingerprint density at radius 3 is 2.34 bits per heavy atom. The molecule has 0 unspecified atom stereocenters. The Morgan fingerprint density at radius 2 is 1.76 bits per heavy atom. The summed E-state index contributed by atoms with van der Waals surface area (Å²) in [4.78, 5) is 38.6. The van der Waals surface area contributed by atoms with E-state index >= 15 is 0 Å². The van der Waals surface area contributed by atoms with Crippen LogP contribution in [0.3, 0.4) is 0 Å². The second-order valence-electron chi connectivity index (χ2n) is 9.04. The zero-order valence-corrected chi connectivity index (χ0v) is 17.9. The Labute approximate surface area is 174 Å².